The highest BCUT2D eigenvalue weighted by atomic mass is 32.1. The summed E-state index contributed by atoms with van der Waals surface area (Å²) in [5.74, 6) is 0.415. The minimum Gasteiger partial charge on any atom is -0.368 e. The van der Waals surface area contributed by atoms with Crippen LogP contribution in [0, 0.1) is 24.6 Å². The number of fused-ring (bicyclic) bond motifs is 1. The number of carbonyl (C=O) groups excluding carboxylic acids is 2. The lowest BCUT2D eigenvalue weighted by Crippen LogP contribution is -2.48. The predicted molar refractivity (Wildman–Crippen MR) is 143 cm³/mol. The van der Waals surface area contributed by atoms with Crippen molar-refractivity contribution < 1.29 is 14.0 Å². The molecule has 0 saturated carbocycles. The second-order valence-corrected chi connectivity index (χ2v) is 11.4. The fourth-order valence-corrected chi connectivity index (χ4v) is 6.66. The summed E-state index contributed by atoms with van der Waals surface area (Å²) in [6, 6.07) is 6.37. The van der Waals surface area contributed by atoms with Crippen LogP contribution < -0.4 is 10.5 Å². The van der Waals surface area contributed by atoms with Crippen molar-refractivity contribution in [3.8, 4) is 0 Å². The zero-order valence-corrected chi connectivity index (χ0v) is 22.3. The maximum absolute atomic E-state index is 13.4. The largest absolute Gasteiger partial charge is 0.368 e. The van der Waals surface area contributed by atoms with Gasteiger partial charge >= 0.3 is 0 Å². The SMILES string of the molecule is Cc1c(C(=O)N2CCN(c3ccc(F)cc3)CC2)sc2ncn(CC(=O)N3C[C@H](C)C[C@H](C)C3)c(=O)c12. The lowest BCUT2D eigenvalue weighted by Gasteiger charge is -2.36. The van der Waals surface area contributed by atoms with E-state index in [4.69, 9.17) is 0 Å². The van der Waals surface area contributed by atoms with Crippen LogP contribution in [0.2, 0.25) is 0 Å². The Balaban J connectivity index is 1.31. The minimum absolute atomic E-state index is 0.0505. The summed E-state index contributed by atoms with van der Waals surface area (Å²) < 4.78 is 14.6. The molecule has 196 valence electrons. The van der Waals surface area contributed by atoms with E-state index in [1.54, 1.807) is 24.0 Å². The summed E-state index contributed by atoms with van der Waals surface area (Å²) in [4.78, 5) is 50.9. The average molecular weight is 526 g/mol. The van der Waals surface area contributed by atoms with Gasteiger partial charge in [-0.05, 0) is 55.0 Å². The molecule has 0 bridgehead atoms. The molecule has 2 aliphatic heterocycles. The van der Waals surface area contributed by atoms with Gasteiger partial charge in [-0.1, -0.05) is 13.8 Å². The van der Waals surface area contributed by atoms with Crippen molar-refractivity contribution >= 4 is 39.1 Å². The van der Waals surface area contributed by atoms with Gasteiger partial charge in [0, 0.05) is 45.0 Å². The van der Waals surface area contributed by atoms with Crippen LogP contribution in [-0.2, 0) is 11.3 Å². The summed E-state index contributed by atoms with van der Waals surface area (Å²) in [6.07, 6.45) is 2.52. The average Bonchev–Trinajstić information content (AvgIpc) is 3.22. The number of piperazine rings is 1. The van der Waals surface area contributed by atoms with Crippen LogP contribution in [0.4, 0.5) is 10.1 Å². The number of carbonyl (C=O) groups is 2. The Labute approximate surface area is 219 Å². The van der Waals surface area contributed by atoms with Gasteiger partial charge in [0.2, 0.25) is 5.91 Å². The standard InChI is InChI=1S/C27H32FN5O3S/c1-17-12-18(2)14-32(13-17)22(34)15-33-16-29-25-23(26(33)35)19(3)24(37-25)27(36)31-10-8-30(9-11-31)21-6-4-20(28)5-7-21/h4-7,16-18H,8-15H2,1-3H3/t17-,18+. The van der Waals surface area contributed by atoms with Crippen molar-refractivity contribution in [2.24, 2.45) is 11.8 Å². The van der Waals surface area contributed by atoms with E-state index in [2.05, 4.69) is 23.7 Å². The van der Waals surface area contributed by atoms with E-state index in [-0.39, 0.29) is 29.7 Å². The number of nitrogens with zero attached hydrogens (tertiary/aromatic N) is 5. The normalized spacial score (nSPS) is 20.5. The van der Waals surface area contributed by atoms with E-state index in [9.17, 15) is 18.8 Å². The molecule has 37 heavy (non-hydrogen) atoms. The first kappa shape index (κ1) is 25.4. The monoisotopic (exact) mass is 525 g/mol. The number of benzene rings is 1. The highest BCUT2D eigenvalue weighted by Gasteiger charge is 2.28. The molecule has 2 amide bonds. The fraction of sp³-hybridized carbons (Fsp3) is 0.481. The maximum Gasteiger partial charge on any atom is 0.264 e. The summed E-state index contributed by atoms with van der Waals surface area (Å²) in [6.45, 7) is 9.78. The van der Waals surface area contributed by atoms with E-state index in [1.807, 2.05) is 4.90 Å². The molecule has 8 nitrogen and oxygen atoms in total. The molecule has 0 N–H and O–H groups in total. The number of piperidine rings is 1. The second-order valence-electron chi connectivity index (χ2n) is 10.4. The van der Waals surface area contributed by atoms with Crippen molar-refractivity contribution in [1.82, 2.24) is 19.4 Å². The molecule has 3 aromatic rings. The molecule has 0 radical (unpaired) electrons. The molecule has 5 rings (SSSR count). The molecule has 4 heterocycles. The number of aromatic nitrogens is 2. The first-order valence-electron chi connectivity index (χ1n) is 12.8. The molecule has 2 fully saturated rings. The molecule has 0 aliphatic carbocycles. The van der Waals surface area contributed by atoms with Crippen LogP contribution in [-0.4, -0.2) is 70.4 Å². The number of anilines is 1. The molecule has 2 aliphatic rings. The van der Waals surface area contributed by atoms with E-state index < -0.39 is 0 Å². The first-order chi connectivity index (χ1) is 17.7. The Bertz CT molecular complexity index is 1370. The maximum atomic E-state index is 13.4. The number of thiophene rings is 1. The van der Waals surface area contributed by atoms with E-state index in [0.29, 0.717) is 71.8 Å². The van der Waals surface area contributed by atoms with Crippen molar-refractivity contribution in [3.63, 3.8) is 0 Å². The van der Waals surface area contributed by atoms with Gasteiger partial charge in [0.1, 0.15) is 17.2 Å². The fourth-order valence-electron chi connectivity index (χ4n) is 5.55. The summed E-state index contributed by atoms with van der Waals surface area (Å²) in [7, 11) is 0. The lowest BCUT2D eigenvalue weighted by atomic mass is 9.92. The third-order valence-electron chi connectivity index (χ3n) is 7.40. The number of aryl methyl sites for hydroxylation is 1. The van der Waals surface area contributed by atoms with Crippen LogP contribution in [0.25, 0.3) is 10.2 Å². The molecule has 0 unspecified atom stereocenters. The first-order valence-corrected chi connectivity index (χ1v) is 13.6. The second kappa shape index (κ2) is 10.2. The van der Waals surface area contributed by atoms with E-state index in [1.165, 1.54) is 34.4 Å². The van der Waals surface area contributed by atoms with Gasteiger partial charge in [-0.15, -0.1) is 11.3 Å². The van der Waals surface area contributed by atoms with Gasteiger partial charge in [-0.25, -0.2) is 9.37 Å². The quantitative estimate of drug-likeness (QED) is 0.522. The highest BCUT2D eigenvalue weighted by Crippen LogP contribution is 2.29. The molecule has 0 spiro atoms. The third kappa shape index (κ3) is 5.12. The summed E-state index contributed by atoms with van der Waals surface area (Å²) in [5.41, 5.74) is 1.26. The van der Waals surface area contributed by atoms with Gasteiger partial charge < -0.3 is 14.7 Å². The van der Waals surface area contributed by atoms with Gasteiger partial charge in [0.25, 0.3) is 11.5 Å². The van der Waals surface area contributed by atoms with Gasteiger partial charge in [-0.2, -0.15) is 0 Å². The molecular formula is C27H32FN5O3S. The molecule has 2 aromatic heterocycles. The van der Waals surface area contributed by atoms with Crippen molar-refractivity contribution in [1.29, 1.82) is 0 Å². The molecular weight excluding hydrogens is 493 g/mol. The molecule has 2 saturated heterocycles. The van der Waals surface area contributed by atoms with Gasteiger partial charge in [0.05, 0.1) is 16.6 Å². The highest BCUT2D eigenvalue weighted by molar-refractivity contribution is 7.20. The van der Waals surface area contributed by atoms with Crippen molar-refractivity contribution in [2.75, 3.05) is 44.2 Å². The Kier molecular flexibility index (Phi) is 7.02. The smallest absolute Gasteiger partial charge is 0.264 e. The number of likely N-dealkylation sites (tertiary alicyclic amines) is 1. The third-order valence-corrected chi connectivity index (χ3v) is 8.59. The van der Waals surface area contributed by atoms with Gasteiger partial charge in [-0.3, -0.25) is 19.0 Å². The Morgan fingerprint density at radius 3 is 2.32 bits per heavy atom. The summed E-state index contributed by atoms with van der Waals surface area (Å²) in [5, 5.41) is 0.411. The number of hydrogen-bond acceptors (Lipinski definition) is 6. The molecule has 10 heteroatoms. The molecule has 2 atom stereocenters. The zero-order valence-electron chi connectivity index (χ0n) is 21.4. The van der Waals surface area contributed by atoms with E-state index >= 15 is 0 Å². The van der Waals surface area contributed by atoms with Crippen LogP contribution >= 0.6 is 11.3 Å². The lowest BCUT2D eigenvalue weighted by molar-refractivity contribution is -0.134. The predicted octanol–water partition coefficient (Wildman–Crippen LogP) is 3.37. The molecule has 1 aromatic carbocycles. The Hall–Kier alpha value is -3.27. The number of hydrogen-bond donors (Lipinski definition) is 0. The van der Waals surface area contributed by atoms with Crippen LogP contribution in [0.3, 0.4) is 0 Å². The number of amides is 2. The van der Waals surface area contributed by atoms with Crippen LogP contribution in [0.5, 0.6) is 0 Å². The van der Waals surface area contributed by atoms with Crippen molar-refractivity contribution in [2.45, 2.75) is 33.7 Å². The van der Waals surface area contributed by atoms with Crippen LogP contribution in [0.15, 0.2) is 35.4 Å². The van der Waals surface area contributed by atoms with Crippen LogP contribution in [0.1, 0.15) is 35.5 Å². The number of halogens is 1. The van der Waals surface area contributed by atoms with E-state index in [0.717, 1.165) is 12.1 Å². The van der Waals surface area contributed by atoms with Crippen molar-refractivity contribution in [3.05, 3.63) is 57.2 Å². The zero-order chi connectivity index (χ0) is 26.3. The number of rotatable bonds is 4. The van der Waals surface area contributed by atoms with Gasteiger partial charge in [0.15, 0.2) is 0 Å². The Morgan fingerprint density at radius 2 is 1.68 bits per heavy atom. The topological polar surface area (TPSA) is 78.8 Å². The summed E-state index contributed by atoms with van der Waals surface area (Å²) >= 11 is 1.23. The minimum atomic E-state index is -0.287. The Morgan fingerprint density at radius 1 is 1.03 bits per heavy atom.